The van der Waals surface area contributed by atoms with Crippen LogP contribution in [0.4, 0.5) is 0 Å². The molecule has 1 N–H and O–H groups in total. The van der Waals surface area contributed by atoms with Crippen molar-refractivity contribution in [1.82, 2.24) is 4.90 Å². The fourth-order valence-corrected chi connectivity index (χ4v) is 3.47. The maximum Gasteiger partial charge on any atom is 0.0974 e. The molecule has 0 fully saturated rings. The van der Waals surface area contributed by atoms with Gasteiger partial charge in [-0.1, -0.05) is 66.6 Å². The van der Waals surface area contributed by atoms with Crippen LogP contribution in [-0.4, -0.2) is 30.6 Å². The van der Waals surface area contributed by atoms with Crippen molar-refractivity contribution >= 4 is 12.4 Å². The van der Waals surface area contributed by atoms with Crippen LogP contribution >= 0.6 is 12.4 Å². The van der Waals surface area contributed by atoms with E-state index in [2.05, 4.69) is 58.0 Å². The average molecular weight is 348 g/mol. The van der Waals surface area contributed by atoms with E-state index in [9.17, 15) is 5.11 Å². The number of hydrogen-bond acceptors (Lipinski definition) is 2. The summed E-state index contributed by atoms with van der Waals surface area (Å²) in [6.45, 7) is 7.20. The first-order valence-electron chi connectivity index (χ1n) is 8.31. The van der Waals surface area contributed by atoms with Gasteiger partial charge in [-0.15, -0.1) is 12.4 Å². The monoisotopic (exact) mass is 347 g/mol. The zero-order chi connectivity index (χ0) is 17.0. The van der Waals surface area contributed by atoms with Crippen molar-refractivity contribution in [2.45, 2.75) is 32.8 Å². The van der Waals surface area contributed by atoms with Crippen LogP contribution in [0.25, 0.3) is 0 Å². The van der Waals surface area contributed by atoms with Gasteiger partial charge in [-0.05, 0) is 39.1 Å². The third-order valence-electron chi connectivity index (χ3n) is 4.48. The molecular weight excluding hydrogens is 318 g/mol. The number of rotatable bonds is 6. The van der Waals surface area contributed by atoms with Gasteiger partial charge in [0.05, 0.1) is 5.60 Å². The molecule has 132 valence electrons. The molecular formula is C21H30ClNO. The average Bonchev–Trinajstić information content (AvgIpc) is 2.46. The number of aliphatic hydroxyl groups is 1. The van der Waals surface area contributed by atoms with E-state index < -0.39 is 5.60 Å². The van der Waals surface area contributed by atoms with Crippen LogP contribution in [0, 0.1) is 19.8 Å². The fourth-order valence-electron chi connectivity index (χ4n) is 3.47. The second-order valence-corrected chi connectivity index (χ2v) is 7.13. The van der Waals surface area contributed by atoms with Crippen LogP contribution in [0.1, 0.15) is 29.2 Å². The van der Waals surface area contributed by atoms with Crippen molar-refractivity contribution in [1.29, 1.82) is 0 Å². The Morgan fingerprint density at radius 3 is 2.04 bits per heavy atom. The van der Waals surface area contributed by atoms with E-state index in [0.717, 1.165) is 12.1 Å². The first-order valence-corrected chi connectivity index (χ1v) is 8.31. The van der Waals surface area contributed by atoms with Gasteiger partial charge in [0.1, 0.15) is 0 Å². The van der Waals surface area contributed by atoms with Gasteiger partial charge in [0, 0.05) is 18.9 Å². The number of aryl methyl sites for hydroxylation is 2. The van der Waals surface area contributed by atoms with Gasteiger partial charge in [-0.2, -0.15) is 0 Å². The highest BCUT2D eigenvalue weighted by Crippen LogP contribution is 2.34. The molecule has 0 spiro atoms. The van der Waals surface area contributed by atoms with E-state index in [4.69, 9.17) is 0 Å². The van der Waals surface area contributed by atoms with E-state index in [1.165, 1.54) is 16.7 Å². The van der Waals surface area contributed by atoms with Gasteiger partial charge in [0.25, 0.3) is 0 Å². The van der Waals surface area contributed by atoms with E-state index in [0.29, 0.717) is 6.42 Å². The molecule has 2 atom stereocenters. The SMILES string of the molecule is Cc1cc(C)cc(CC(O)(c2ccccc2)C(C)CN(C)C)c1.Cl. The Labute approximate surface area is 152 Å². The molecule has 24 heavy (non-hydrogen) atoms. The molecule has 0 heterocycles. The van der Waals surface area contributed by atoms with Crippen LogP contribution < -0.4 is 0 Å². The zero-order valence-electron chi connectivity index (χ0n) is 15.4. The number of nitrogens with zero attached hydrogens (tertiary/aromatic N) is 1. The van der Waals surface area contributed by atoms with Gasteiger partial charge >= 0.3 is 0 Å². The van der Waals surface area contributed by atoms with Gasteiger partial charge in [-0.25, -0.2) is 0 Å². The Balaban J connectivity index is 0.00000288. The third kappa shape index (κ3) is 5.07. The summed E-state index contributed by atoms with van der Waals surface area (Å²) < 4.78 is 0. The molecule has 2 unspecified atom stereocenters. The zero-order valence-corrected chi connectivity index (χ0v) is 16.2. The van der Waals surface area contributed by atoms with Crippen molar-refractivity contribution in [3.05, 3.63) is 70.8 Å². The summed E-state index contributed by atoms with van der Waals surface area (Å²) in [6.07, 6.45) is 0.633. The maximum absolute atomic E-state index is 11.6. The summed E-state index contributed by atoms with van der Waals surface area (Å²) in [5.74, 6) is 0.126. The largest absolute Gasteiger partial charge is 0.384 e. The smallest absolute Gasteiger partial charge is 0.0974 e. The predicted octanol–water partition coefficient (Wildman–Crippen LogP) is 4.35. The Hall–Kier alpha value is -1.35. The van der Waals surface area contributed by atoms with E-state index >= 15 is 0 Å². The molecule has 0 aliphatic rings. The minimum Gasteiger partial charge on any atom is -0.384 e. The van der Waals surface area contributed by atoms with Crippen molar-refractivity contribution in [3.8, 4) is 0 Å². The summed E-state index contributed by atoms with van der Waals surface area (Å²) >= 11 is 0. The summed E-state index contributed by atoms with van der Waals surface area (Å²) in [7, 11) is 4.11. The van der Waals surface area contributed by atoms with Gasteiger partial charge in [0.15, 0.2) is 0 Å². The molecule has 2 rings (SSSR count). The van der Waals surface area contributed by atoms with E-state index in [-0.39, 0.29) is 18.3 Å². The highest BCUT2D eigenvalue weighted by Gasteiger charge is 2.36. The fraction of sp³-hybridized carbons (Fsp3) is 0.429. The van der Waals surface area contributed by atoms with Crippen molar-refractivity contribution in [2.75, 3.05) is 20.6 Å². The first-order chi connectivity index (χ1) is 10.8. The van der Waals surface area contributed by atoms with Crippen molar-refractivity contribution in [3.63, 3.8) is 0 Å². The molecule has 3 heteroatoms. The summed E-state index contributed by atoms with van der Waals surface area (Å²) in [5, 5.41) is 11.6. The van der Waals surface area contributed by atoms with Crippen LogP contribution in [0.5, 0.6) is 0 Å². The molecule has 0 aliphatic heterocycles. The highest BCUT2D eigenvalue weighted by molar-refractivity contribution is 5.85. The van der Waals surface area contributed by atoms with Crippen LogP contribution in [0.2, 0.25) is 0 Å². The molecule has 2 aromatic carbocycles. The quantitative estimate of drug-likeness (QED) is 0.839. The lowest BCUT2D eigenvalue weighted by molar-refractivity contribution is -0.0255. The molecule has 0 bridgehead atoms. The second-order valence-electron chi connectivity index (χ2n) is 7.13. The molecule has 0 aliphatic carbocycles. The Bertz CT molecular complexity index is 621. The third-order valence-corrected chi connectivity index (χ3v) is 4.48. The molecule has 0 radical (unpaired) electrons. The predicted molar refractivity (Wildman–Crippen MR) is 105 cm³/mol. The van der Waals surface area contributed by atoms with Crippen LogP contribution in [-0.2, 0) is 12.0 Å². The first kappa shape index (κ1) is 20.7. The van der Waals surface area contributed by atoms with Gasteiger partial charge in [0.2, 0.25) is 0 Å². The highest BCUT2D eigenvalue weighted by atomic mass is 35.5. The second kappa shape index (κ2) is 8.66. The molecule has 0 amide bonds. The van der Waals surface area contributed by atoms with Gasteiger partial charge in [-0.3, -0.25) is 0 Å². The Morgan fingerprint density at radius 1 is 1.00 bits per heavy atom. The standard InChI is InChI=1S/C21H29NO.ClH/c1-16-11-17(2)13-19(12-16)14-21(23,18(3)15-22(4)5)20-9-7-6-8-10-20;/h6-13,18,23H,14-15H2,1-5H3;1H. The van der Waals surface area contributed by atoms with Gasteiger partial charge < -0.3 is 10.0 Å². The number of benzene rings is 2. The van der Waals surface area contributed by atoms with Crippen molar-refractivity contribution < 1.29 is 5.11 Å². The molecule has 0 aromatic heterocycles. The molecule has 0 saturated carbocycles. The normalized spacial score (nSPS) is 14.8. The van der Waals surface area contributed by atoms with E-state index in [1.54, 1.807) is 0 Å². The number of hydrogen-bond donors (Lipinski definition) is 1. The Kier molecular flexibility index (Phi) is 7.47. The lowest BCUT2D eigenvalue weighted by atomic mass is 9.77. The summed E-state index contributed by atoms with van der Waals surface area (Å²) in [6, 6.07) is 16.6. The number of halogens is 1. The lowest BCUT2D eigenvalue weighted by Crippen LogP contribution is -2.41. The van der Waals surface area contributed by atoms with Crippen molar-refractivity contribution in [2.24, 2.45) is 5.92 Å². The lowest BCUT2D eigenvalue weighted by Gasteiger charge is -2.36. The Morgan fingerprint density at radius 2 is 1.54 bits per heavy atom. The molecule has 2 nitrogen and oxygen atoms in total. The minimum absolute atomic E-state index is 0. The maximum atomic E-state index is 11.6. The topological polar surface area (TPSA) is 23.5 Å². The van der Waals surface area contributed by atoms with Crippen LogP contribution in [0.3, 0.4) is 0 Å². The molecule has 0 saturated heterocycles. The van der Waals surface area contributed by atoms with E-state index in [1.807, 2.05) is 30.3 Å². The minimum atomic E-state index is -0.869. The summed E-state index contributed by atoms with van der Waals surface area (Å²) in [5.41, 5.74) is 3.81. The molecule has 2 aromatic rings. The summed E-state index contributed by atoms with van der Waals surface area (Å²) in [4.78, 5) is 2.14. The van der Waals surface area contributed by atoms with Crippen LogP contribution in [0.15, 0.2) is 48.5 Å².